The Balaban J connectivity index is 2.28. The second-order valence-corrected chi connectivity index (χ2v) is 5.62. The lowest BCUT2D eigenvalue weighted by Gasteiger charge is -2.11. The van der Waals surface area contributed by atoms with Gasteiger partial charge in [-0.25, -0.2) is 8.42 Å². The maximum atomic E-state index is 11.1. The van der Waals surface area contributed by atoms with Gasteiger partial charge in [-0.05, 0) is 13.8 Å². The summed E-state index contributed by atoms with van der Waals surface area (Å²) in [5.74, 6) is -0.357. The molecule has 1 unspecified atom stereocenters. The van der Waals surface area contributed by atoms with E-state index < -0.39 is 9.84 Å². The third-order valence-electron chi connectivity index (χ3n) is 1.81. The van der Waals surface area contributed by atoms with Gasteiger partial charge >= 0.3 is 5.97 Å². The van der Waals surface area contributed by atoms with Crippen molar-refractivity contribution in [2.45, 2.75) is 26.0 Å². The molecule has 86 valence electrons. The second kappa shape index (κ2) is 4.76. The normalized spacial score (nSPS) is 23.3. The van der Waals surface area contributed by atoms with Gasteiger partial charge in [-0.15, -0.1) is 0 Å². The van der Waals surface area contributed by atoms with Gasteiger partial charge in [-0.1, -0.05) is 6.08 Å². The van der Waals surface area contributed by atoms with E-state index in [1.807, 2.05) is 0 Å². The predicted octanol–water partition coefficient (Wildman–Crippen LogP) is -0.162. The molecule has 0 radical (unpaired) electrons. The molecule has 1 aliphatic heterocycles. The average Bonchev–Trinajstić information content (AvgIpc) is 2.41. The molecule has 6 heteroatoms. The van der Waals surface area contributed by atoms with E-state index in [1.54, 1.807) is 13.8 Å². The number of nitrogens with one attached hydrogen (secondary N) is 1. The molecular formula is C9H15NO4S. The molecule has 5 nitrogen and oxygen atoms in total. The molecule has 1 N–H and O–H groups in total. The lowest BCUT2D eigenvalue weighted by molar-refractivity contribution is -0.146. The van der Waals surface area contributed by atoms with Crippen molar-refractivity contribution in [3.8, 4) is 0 Å². The highest BCUT2D eigenvalue weighted by Crippen LogP contribution is 2.07. The topological polar surface area (TPSA) is 72.5 Å². The van der Waals surface area contributed by atoms with Crippen LogP contribution in [0.1, 0.15) is 13.8 Å². The number of rotatable bonds is 4. The van der Waals surface area contributed by atoms with Gasteiger partial charge < -0.3 is 4.74 Å². The number of sulfone groups is 1. The van der Waals surface area contributed by atoms with Crippen LogP contribution in [0.15, 0.2) is 11.5 Å². The fraction of sp³-hybridized carbons (Fsp3) is 0.667. The first-order valence-electron chi connectivity index (χ1n) is 4.73. The first-order chi connectivity index (χ1) is 6.89. The molecule has 0 aromatic carbocycles. The first kappa shape index (κ1) is 12.2. The molecule has 0 aliphatic carbocycles. The molecule has 1 atom stereocenters. The van der Waals surface area contributed by atoms with E-state index >= 15 is 0 Å². The summed E-state index contributed by atoms with van der Waals surface area (Å²) in [5, 5.41) is 3.97. The molecule has 0 aromatic rings. The molecular weight excluding hydrogens is 218 g/mol. The Kier molecular flexibility index (Phi) is 3.87. The molecule has 0 aromatic heterocycles. The van der Waals surface area contributed by atoms with Crippen molar-refractivity contribution >= 4 is 15.8 Å². The van der Waals surface area contributed by atoms with Crippen molar-refractivity contribution < 1.29 is 17.9 Å². The summed E-state index contributed by atoms with van der Waals surface area (Å²) in [6.07, 6.45) is 1.39. The molecule has 1 heterocycles. The summed E-state index contributed by atoms with van der Waals surface area (Å²) in [6.45, 7) is 3.55. The van der Waals surface area contributed by atoms with Crippen molar-refractivity contribution in [1.29, 1.82) is 0 Å². The van der Waals surface area contributed by atoms with Gasteiger partial charge in [0.15, 0.2) is 9.84 Å². The van der Waals surface area contributed by atoms with Crippen LogP contribution in [-0.2, 0) is 19.4 Å². The van der Waals surface area contributed by atoms with Crippen molar-refractivity contribution in [1.82, 2.24) is 5.32 Å². The second-order valence-electron chi connectivity index (χ2n) is 3.68. The van der Waals surface area contributed by atoms with E-state index in [9.17, 15) is 13.2 Å². The highest BCUT2D eigenvalue weighted by molar-refractivity contribution is 7.94. The lowest BCUT2D eigenvalue weighted by atomic mass is 10.3. The molecule has 15 heavy (non-hydrogen) atoms. The van der Waals surface area contributed by atoms with Gasteiger partial charge in [0.05, 0.1) is 18.4 Å². The van der Waals surface area contributed by atoms with Gasteiger partial charge in [0.2, 0.25) is 0 Å². The monoisotopic (exact) mass is 233 g/mol. The Bertz CT molecular complexity index is 358. The van der Waals surface area contributed by atoms with E-state index in [0.717, 1.165) is 0 Å². The summed E-state index contributed by atoms with van der Waals surface area (Å²) >= 11 is 0. The zero-order valence-electron chi connectivity index (χ0n) is 8.76. The van der Waals surface area contributed by atoms with Gasteiger partial charge in [-0.3, -0.25) is 10.1 Å². The minimum atomic E-state index is -3.06. The van der Waals surface area contributed by atoms with Crippen molar-refractivity contribution in [3.05, 3.63) is 11.5 Å². The SMILES string of the molecule is CC(C)OC(=O)CNC1C=CS(=O)(=O)C1. The smallest absolute Gasteiger partial charge is 0.320 e. The minimum absolute atomic E-state index is 0.0158. The van der Waals surface area contributed by atoms with E-state index in [0.29, 0.717) is 0 Å². The lowest BCUT2D eigenvalue weighted by Crippen LogP contribution is -2.35. The molecule has 1 aliphatic rings. The molecule has 0 bridgehead atoms. The van der Waals surface area contributed by atoms with Crippen LogP contribution in [0.2, 0.25) is 0 Å². The Morgan fingerprint density at radius 3 is 2.73 bits per heavy atom. The maximum Gasteiger partial charge on any atom is 0.320 e. The number of carbonyl (C=O) groups is 1. The summed E-state index contributed by atoms with van der Waals surface area (Å²) in [4.78, 5) is 11.1. The standard InChI is InChI=1S/C9H15NO4S/c1-7(2)14-9(11)5-10-8-3-4-15(12,13)6-8/h3-4,7-8,10H,5-6H2,1-2H3. The van der Waals surface area contributed by atoms with Crippen LogP contribution in [0.25, 0.3) is 0 Å². The number of hydrogen-bond acceptors (Lipinski definition) is 5. The van der Waals surface area contributed by atoms with Crippen LogP contribution in [0.4, 0.5) is 0 Å². The quantitative estimate of drug-likeness (QED) is 0.683. The predicted molar refractivity (Wildman–Crippen MR) is 55.9 cm³/mol. The zero-order chi connectivity index (χ0) is 11.5. The highest BCUT2D eigenvalue weighted by Gasteiger charge is 2.21. The van der Waals surface area contributed by atoms with Crippen molar-refractivity contribution in [2.75, 3.05) is 12.3 Å². The van der Waals surface area contributed by atoms with Crippen molar-refractivity contribution in [3.63, 3.8) is 0 Å². The van der Waals surface area contributed by atoms with E-state index in [1.165, 1.54) is 11.5 Å². The number of esters is 1. The number of hydrogen-bond donors (Lipinski definition) is 1. The van der Waals surface area contributed by atoms with Gasteiger partial charge in [0.1, 0.15) is 0 Å². The third kappa shape index (κ3) is 4.44. The van der Waals surface area contributed by atoms with Crippen LogP contribution < -0.4 is 5.32 Å². The summed E-state index contributed by atoms with van der Waals surface area (Å²) < 4.78 is 26.9. The number of ether oxygens (including phenoxy) is 1. The van der Waals surface area contributed by atoms with Gasteiger partial charge in [0.25, 0.3) is 0 Å². The molecule has 0 spiro atoms. The zero-order valence-corrected chi connectivity index (χ0v) is 9.58. The molecule has 0 amide bonds. The minimum Gasteiger partial charge on any atom is -0.462 e. The van der Waals surface area contributed by atoms with Crippen LogP contribution in [-0.4, -0.2) is 38.8 Å². The fourth-order valence-electron chi connectivity index (χ4n) is 1.22. The Hall–Kier alpha value is -0.880. The van der Waals surface area contributed by atoms with Crippen LogP contribution in [0.3, 0.4) is 0 Å². The molecule has 0 saturated heterocycles. The van der Waals surface area contributed by atoms with Gasteiger partial charge in [-0.2, -0.15) is 0 Å². The molecule has 1 rings (SSSR count). The number of carbonyl (C=O) groups excluding carboxylic acids is 1. The van der Waals surface area contributed by atoms with E-state index in [2.05, 4.69) is 5.32 Å². The highest BCUT2D eigenvalue weighted by atomic mass is 32.2. The van der Waals surface area contributed by atoms with Crippen molar-refractivity contribution in [2.24, 2.45) is 0 Å². The largest absolute Gasteiger partial charge is 0.462 e. The molecule has 0 fully saturated rings. The summed E-state index contributed by atoms with van der Waals surface area (Å²) in [7, 11) is -3.06. The van der Waals surface area contributed by atoms with Crippen LogP contribution >= 0.6 is 0 Å². The maximum absolute atomic E-state index is 11.1. The van der Waals surface area contributed by atoms with Crippen LogP contribution in [0.5, 0.6) is 0 Å². The Labute approximate surface area is 89.4 Å². The summed E-state index contributed by atoms with van der Waals surface area (Å²) in [5.41, 5.74) is 0. The van der Waals surface area contributed by atoms with Crippen LogP contribution in [0, 0.1) is 0 Å². The van der Waals surface area contributed by atoms with E-state index in [-0.39, 0.29) is 30.4 Å². The Morgan fingerprint density at radius 2 is 2.27 bits per heavy atom. The summed E-state index contributed by atoms with van der Waals surface area (Å²) in [6, 6.07) is -0.283. The third-order valence-corrected chi connectivity index (χ3v) is 3.20. The fourth-order valence-corrected chi connectivity index (χ4v) is 2.49. The first-order valence-corrected chi connectivity index (χ1v) is 6.44. The molecule has 0 saturated carbocycles. The average molecular weight is 233 g/mol. The van der Waals surface area contributed by atoms with E-state index in [4.69, 9.17) is 4.74 Å². The van der Waals surface area contributed by atoms with Gasteiger partial charge in [0, 0.05) is 11.4 Å². The Morgan fingerprint density at radius 1 is 1.60 bits per heavy atom.